The Labute approximate surface area is 321 Å². The Bertz CT molecular complexity index is 1620. The van der Waals surface area contributed by atoms with Crippen molar-refractivity contribution in [3.63, 3.8) is 0 Å². The van der Waals surface area contributed by atoms with E-state index in [0.29, 0.717) is 43.3 Å². The van der Waals surface area contributed by atoms with E-state index in [9.17, 15) is 9.59 Å². The van der Waals surface area contributed by atoms with Crippen molar-refractivity contribution in [2.75, 3.05) is 19.7 Å². The van der Waals surface area contributed by atoms with Gasteiger partial charge in [-0.3, -0.25) is 14.6 Å². The molecule has 0 atom stereocenters. The van der Waals surface area contributed by atoms with E-state index in [4.69, 9.17) is 19.5 Å². The summed E-state index contributed by atoms with van der Waals surface area (Å²) >= 11 is 0. The SMILES string of the molecule is CC.CC.Cc1cc2c(Oc3ccc(CC(=O)C4(C(=O)Cc5ccccc5)CC4)cc3)ccnc2cc1OCC1CC[N-]CC1.O=[C-]NO.[Y]. The molecule has 2 fully saturated rings. The van der Waals surface area contributed by atoms with Gasteiger partial charge < -0.3 is 30.3 Å². The van der Waals surface area contributed by atoms with Crippen LogP contribution in [0.4, 0.5) is 0 Å². The van der Waals surface area contributed by atoms with E-state index >= 15 is 0 Å². The summed E-state index contributed by atoms with van der Waals surface area (Å²) in [5, 5.41) is 12.5. The second kappa shape index (κ2) is 22.3. The van der Waals surface area contributed by atoms with Crippen molar-refractivity contribution < 1.29 is 61.8 Å². The van der Waals surface area contributed by atoms with Crippen LogP contribution in [0.5, 0.6) is 17.2 Å². The van der Waals surface area contributed by atoms with Crippen molar-refractivity contribution in [2.24, 2.45) is 11.3 Å². The van der Waals surface area contributed by atoms with E-state index in [1.165, 1.54) is 0 Å². The number of pyridine rings is 1. The molecule has 1 aliphatic heterocycles. The number of piperidine rings is 1. The molecule has 2 heterocycles. The number of hydrogen-bond acceptors (Lipinski definition) is 7. The Kier molecular flexibility index (Phi) is 19.1. The Morgan fingerprint density at radius 1 is 0.900 bits per heavy atom. The van der Waals surface area contributed by atoms with Crippen LogP contribution in [-0.4, -0.2) is 47.9 Å². The molecule has 50 heavy (non-hydrogen) atoms. The van der Waals surface area contributed by atoms with E-state index < -0.39 is 5.41 Å². The number of Topliss-reactive ketones (excluding diaryl/α,β-unsaturated/α-hetero) is 2. The number of benzene rings is 3. The zero-order valence-corrected chi connectivity index (χ0v) is 32.7. The van der Waals surface area contributed by atoms with Gasteiger partial charge in [-0.25, -0.2) is 0 Å². The van der Waals surface area contributed by atoms with Crippen LogP contribution in [0.25, 0.3) is 16.2 Å². The summed E-state index contributed by atoms with van der Waals surface area (Å²) < 4.78 is 12.4. The Balaban J connectivity index is 0.000000887. The monoisotopic (exact) mass is 756 g/mol. The molecule has 4 aromatic rings. The molecule has 0 spiro atoms. The fourth-order valence-corrected chi connectivity index (χ4v) is 5.62. The van der Waals surface area contributed by atoms with Gasteiger partial charge in [0.1, 0.15) is 17.2 Å². The van der Waals surface area contributed by atoms with Gasteiger partial charge in [-0.15, -0.1) is 19.5 Å². The predicted molar refractivity (Wildman–Crippen MR) is 193 cm³/mol. The van der Waals surface area contributed by atoms with E-state index in [0.717, 1.165) is 71.2 Å². The van der Waals surface area contributed by atoms with Crippen molar-refractivity contribution in [3.05, 3.63) is 101 Å². The largest absolute Gasteiger partial charge is 0.662 e. The van der Waals surface area contributed by atoms with Crippen molar-refractivity contribution in [3.8, 4) is 17.2 Å². The third-order valence-corrected chi connectivity index (χ3v) is 8.45. The van der Waals surface area contributed by atoms with Crippen LogP contribution < -0.4 is 15.0 Å². The van der Waals surface area contributed by atoms with E-state index in [2.05, 4.69) is 16.4 Å². The second-order valence-corrected chi connectivity index (χ2v) is 11.6. The summed E-state index contributed by atoms with van der Waals surface area (Å²) in [6, 6.07) is 23.1. The fourth-order valence-electron chi connectivity index (χ4n) is 5.62. The summed E-state index contributed by atoms with van der Waals surface area (Å²) in [5.41, 5.74) is 4.01. The number of rotatable bonds is 12. The van der Waals surface area contributed by atoms with Gasteiger partial charge in [-0.1, -0.05) is 83.0 Å². The van der Waals surface area contributed by atoms with Gasteiger partial charge in [0.15, 0.2) is 11.6 Å². The maximum absolute atomic E-state index is 13.2. The molecule has 1 aromatic heterocycles. The number of carbonyl (C=O) groups excluding carboxylic acids is 3. The first-order valence-corrected chi connectivity index (χ1v) is 17.2. The summed E-state index contributed by atoms with van der Waals surface area (Å²) in [6.07, 6.45) is 6.76. The van der Waals surface area contributed by atoms with Gasteiger partial charge in [0, 0.05) is 63.2 Å². The molecular weight excluding hydrogens is 707 g/mol. The molecule has 0 bridgehead atoms. The average molecular weight is 757 g/mol. The quantitative estimate of drug-likeness (QED) is 0.0490. The van der Waals surface area contributed by atoms with Crippen LogP contribution >= 0.6 is 0 Å². The first-order valence-electron chi connectivity index (χ1n) is 17.2. The van der Waals surface area contributed by atoms with Crippen molar-refractivity contribution >= 4 is 28.9 Å². The summed E-state index contributed by atoms with van der Waals surface area (Å²) in [5.74, 6) is 2.84. The van der Waals surface area contributed by atoms with Gasteiger partial charge in [-0.2, -0.15) is 0 Å². The van der Waals surface area contributed by atoms with Crippen molar-refractivity contribution in [1.29, 1.82) is 0 Å². The standard InChI is InChI=1S/C35H35N2O4.2C2H6.CH2NO2.Y/c1-24-19-29-30(22-32(24)40-23-27-11-16-36-17-12-27)37-18-13-31(29)41-28-9-7-26(8-10-28)21-34(39)35(14-15-35)33(38)20-25-5-3-2-4-6-25;2*1-2;3-1-2-4;/h2-10,13,18-19,22,27H,11-12,14-17,20-21,23H2,1H3;2*1-2H3;4H,(H,2,3);/q-1;;;-1;. The van der Waals surface area contributed by atoms with Crippen LogP contribution in [-0.2, 0) is 59.9 Å². The topological polar surface area (TPSA) is 129 Å². The van der Waals surface area contributed by atoms with E-state index in [1.807, 2.05) is 101 Å². The number of nitrogens with one attached hydrogen (secondary N) is 1. The first-order chi connectivity index (χ1) is 23.9. The molecule has 1 saturated carbocycles. The molecule has 2 aliphatic rings. The molecule has 1 amide bonds. The molecule has 265 valence electrons. The second-order valence-electron chi connectivity index (χ2n) is 11.6. The Hall–Kier alpha value is -3.50. The maximum Gasteiger partial charge on any atom is 0.150 e. The third kappa shape index (κ3) is 12.1. The molecule has 10 heteroatoms. The van der Waals surface area contributed by atoms with Gasteiger partial charge in [0.2, 0.25) is 0 Å². The minimum Gasteiger partial charge on any atom is -0.662 e. The molecule has 1 radical (unpaired) electrons. The number of aryl methyl sites for hydroxylation is 1. The van der Waals surface area contributed by atoms with Gasteiger partial charge >= 0.3 is 0 Å². The van der Waals surface area contributed by atoms with E-state index in [-0.39, 0.29) is 50.7 Å². The average Bonchev–Trinajstić information content (AvgIpc) is 3.97. The number of fused-ring (bicyclic) bond motifs is 1. The van der Waals surface area contributed by atoms with Crippen LogP contribution in [0.15, 0.2) is 79.0 Å². The van der Waals surface area contributed by atoms with Crippen LogP contribution in [0.1, 0.15) is 70.1 Å². The van der Waals surface area contributed by atoms with Crippen molar-refractivity contribution in [2.45, 2.75) is 73.1 Å². The van der Waals surface area contributed by atoms with Crippen LogP contribution in [0.3, 0.4) is 0 Å². The first kappa shape index (κ1) is 42.7. The number of aromatic nitrogens is 1. The minimum atomic E-state index is -0.812. The summed E-state index contributed by atoms with van der Waals surface area (Å²) in [4.78, 5) is 39.4. The number of hydroxylamine groups is 1. The Morgan fingerprint density at radius 3 is 2.04 bits per heavy atom. The third-order valence-electron chi connectivity index (χ3n) is 8.45. The fraction of sp³-hybridized carbons (Fsp3) is 0.400. The number of nitrogens with zero attached hydrogens (tertiary/aromatic N) is 2. The predicted octanol–water partition coefficient (Wildman–Crippen LogP) is 8.28. The van der Waals surface area contributed by atoms with Crippen LogP contribution in [0, 0.1) is 18.3 Å². The normalized spacial score (nSPS) is 14.0. The van der Waals surface area contributed by atoms with Gasteiger partial charge in [0.05, 0.1) is 17.5 Å². The molecule has 2 N–H and O–H groups in total. The van der Waals surface area contributed by atoms with Gasteiger partial charge in [-0.05, 0) is 66.6 Å². The van der Waals surface area contributed by atoms with Gasteiger partial charge in [0.25, 0.3) is 0 Å². The number of ketones is 2. The number of carbonyl (C=O) groups is 2. The van der Waals surface area contributed by atoms with Crippen molar-refractivity contribution in [1.82, 2.24) is 10.5 Å². The molecule has 1 saturated heterocycles. The smallest absolute Gasteiger partial charge is 0.150 e. The molecular formula is C40H49N3O6Y-2. The summed E-state index contributed by atoms with van der Waals surface area (Å²) in [7, 11) is 0. The molecule has 6 rings (SSSR count). The Morgan fingerprint density at radius 2 is 1.48 bits per heavy atom. The summed E-state index contributed by atoms with van der Waals surface area (Å²) in [6.45, 7) is 12.6. The molecule has 0 unspecified atom stereocenters. The zero-order valence-electron chi connectivity index (χ0n) is 29.9. The molecule has 1 aliphatic carbocycles. The minimum absolute atomic E-state index is 0. The molecule has 3 aromatic carbocycles. The zero-order chi connectivity index (χ0) is 35.6. The van der Waals surface area contributed by atoms with Crippen LogP contribution in [0.2, 0.25) is 0 Å². The number of amides is 1. The maximum atomic E-state index is 13.2. The van der Waals surface area contributed by atoms with E-state index in [1.54, 1.807) is 6.20 Å². The number of ether oxygens (including phenoxy) is 2. The number of hydrogen-bond donors (Lipinski definition) is 2. The molecule has 9 nitrogen and oxygen atoms in total.